The Morgan fingerprint density at radius 2 is 2.00 bits per heavy atom. The second-order valence-corrected chi connectivity index (χ2v) is 5.56. The first kappa shape index (κ1) is 16.0. The van der Waals surface area contributed by atoms with Gasteiger partial charge < -0.3 is 14.8 Å². The van der Waals surface area contributed by atoms with E-state index in [2.05, 4.69) is 5.32 Å². The van der Waals surface area contributed by atoms with Gasteiger partial charge in [-0.2, -0.15) is 0 Å². The van der Waals surface area contributed by atoms with E-state index in [1.165, 1.54) is 25.6 Å². The molecule has 0 spiro atoms. The van der Waals surface area contributed by atoms with Gasteiger partial charge in [-0.15, -0.1) is 11.3 Å². The predicted molar refractivity (Wildman–Crippen MR) is 84.6 cm³/mol. The molecule has 0 fully saturated rings. The van der Waals surface area contributed by atoms with E-state index in [0.29, 0.717) is 22.7 Å². The van der Waals surface area contributed by atoms with Crippen LogP contribution in [0.15, 0.2) is 29.6 Å². The molecule has 1 heterocycles. The molecular formula is C16H17NO4S. The van der Waals surface area contributed by atoms with Gasteiger partial charge in [-0.05, 0) is 41.6 Å². The molecule has 0 unspecified atom stereocenters. The molecule has 6 heteroatoms. The van der Waals surface area contributed by atoms with Gasteiger partial charge >= 0.3 is 5.97 Å². The van der Waals surface area contributed by atoms with E-state index < -0.39 is 5.97 Å². The summed E-state index contributed by atoms with van der Waals surface area (Å²) < 4.78 is 9.87. The van der Waals surface area contributed by atoms with E-state index in [-0.39, 0.29) is 5.91 Å². The fourth-order valence-corrected chi connectivity index (χ4v) is 2.84. The first-order valence-corrected chi connectivity index (χ1v) is 7.52. The number of hydrogen-bond acceptors (Lipinski definition) is 5. The van der Waals surface area contributed by atoms with E-state index >= 15 is 0 Å². The first-order valence-electron chi connectivity index (χ1n) is 6.64. The Morgan fingerprint density at radius 1 is 1.23 bits per heavy atom. The van der Waals surface area contributed by atoms with Crippen LogP contribution in [0.2, 0.25) is 0 Å². The van der Waals surface area contributed by atoms with E-state index in [1.54, 1.807) is 18.2 Å². The number of aryl methyl sites for hydroxylation is 1. The molecule has 2 rings (SSSR count). The Kier molecular flexibility index (Phi) is 5.16. The third-order valence-corrected chi connectivity index (χ3v) is 4.21. The standard InChI is InChI=1S/C16H17NO4S/c1-10-6-7-22-14(10)15(18)17-9-11-4-5-13(20-2)12(8-11)16(19)21-3/h4-8H,9H2,1-3H3,(H,17,18). The lowest BCUT2D eigenvalue weighted by molar-refractivity contribution is 0.0597. The van der Waals surface area contributed by atoms with Crippen LogP contribution in [-0.2, 0) is 11.3 Å². The average molecular weight is 319 g/mol. The van der Waals surface area contributed by atoms with Crippen molar-refractivity contribution in [3.8, 4) is 5.75 Å². The SMILES string of the molecule is COC(=O)c1cc(CNC(=O)c2sccc2C)ccc1OC. The zero-order valence-electron chi connectivity index (χ0n) is 12.6. The molecule has 1 aromatic heterocycles. The summed E-state index contributed by atoms with van der Waals surface area (Å²) in [6, 6.07) is 7.05. The number of methoxy groups -OCH3 is 2. The molecule has 22 heavy (non-hydrogen) atoms. The number of ether oxygens (including phenoxy) is 2. The van der Waals surface area contributed by atoms with Gasteiger partial charge in [-0.25, -0.2) is 4.79 Å². The van der Waals surface area contributed by atoms with Gasteiger partial charge in [0.15, 0.2) is 0 Å². The molecule has 5 nitrogen and oxygen atoms in total. The normalized spacial score (nSPS) is 10.1. The molecule has 0 saturated carbocycles. The van der Waals surface area contributed by atoms with Crippen LogP contribution in [0.4, 0.5) is 0 Å². The molecule has 0 aliphatic carbocycles. The summed E-state index contributed by atoms with van der Waals surface area (Å²) in [5.41, 5.74) is 2.08. The Balaban J connectivity index is 2.12. The summed E-state index contributed by atoms with van der Waals surface area (Å²) in [7, 11) is 2.80. The highest BCUT2D eigenvalue weighted by atomic mass is 32.1. The van der Waals surface area contributed by atoms with Crippen molar-refractivity contribution in [3.05, 3.63) is 51.2 Å². The molecule has 1 amide bonds. The van der Waals surface area contributed by atoms with Gasteiger partial charge in [-0.3, -0.25) is 4.79 Å². The number of nitrogens with one attached hydrogen (secondary N) is 1. The van der Waals surface area contributed by atoms with Crippen molar-refractivity contribution in [3.63, 3.8) is 0 Å². The Morgan fingerprint density at radius 3 is 2.59 bits per heavy atom. The van der Waals surface area contributed by atoms with Crippen LogP contribution in [-0.4, -0.2) is 26.1 Å². The number of carbonyl (C=O) groups is 2. The van der Waals surface area contributed by atoms with Gasteiger partial charge in [-0.1, -0.05) is 6.07 Å². The van der Waals surface area contributed by atoms with Crippen molar-refractivity contribution in [1.29, 1.82) is 0 Å². The van der Waals surface area contributed by atoms with Gasteiger partial charge in [0.1, 0.15) is 11.3 Å². The minimum Gasteiger partial charge on any atom is -0.496 e. The summed E-state index contributed by atoms with van der Waals surface area (Å²) in [4.78, 5) is 24.5. The monoisotopic (exact) mass is 319 g/mol. The van der Waals surface area contributed by atoms with Crippen LogP contribution in [0.25, 0.3) is 0 Å². The number of benzene rings is 1. The fraction of sp³-hybridized carbons (Fsp3) is 0.250. The van der Waals surface area contributed by atoms with Gasteiger partial charge in [0, 0.05) is 6.54 Å². The average Bonchev–Trinajstić information content (AvgIpc) is 2.97. The van der Waals surface area contributed by atoms with Crippen LogP contribution >= 0.6 is 11.3 Å². The van der Waals surface area contributed by atoms with E-state index in [4.69, 9.17) is 9.47 Å². The highest BCUT2D eigenvalue weighted by Gasteiger charge is 2.14. The summed E-state index contributed by atoms with van der Waals surface area (Å²) in [5, 5.41) is 4.72. The molecular weight excluding hydrogens is 302 g/mol. The maximum atomic E-state index is 12.1. The summed E-state index contributed by atoms with van der Waals surface area (Å²) in [5.74, 6) is -0.155. The molecule has 0 bridgehead atoms. The fourth-order valence-electron chi connectivity index (χ4n) is 2.00. The highest BCUT2D eigenvalue weighted by Crippen LogP contribution is 2.21. The highest BCUT2D eigenvalue weighted by molar-refractivity contribution is 7.12. The lowest BCUT2D eigenvalue weighted by atomic mass is 10.1. The number of esters is 1. The summed E-state index contributed by atoms with van der Waals surface area (Å²) >= 11 is 1.40. The van der Waals surface area contributed by atoms with Gasteiger partial charge in [0.05, 0.1) is 19.1 Å². The Labute approximate surface area is 132 Å². The molecule has 0 aliphatic heterocycles. The van der Waals surface area contributed by atoms with Crippen molar-refractivity contribution in [2.75, 3.05) is 14.2 Å². The maximum absolute atomic E-state index is 12.1. The first-order chi connectivity index (χ1) is 10.6. The van der Waals surface area contributed by atoms with E-state index in [9.17, 15) is 9.59 Å². The zero-order chi connectivity index (χ0) is 16.1. The largest absolute Gasteiger partial charge is 0.496 e. The van der Waals surface area contributed by atoms with E-state index in [0.717, 1.165) is 11.1 Å². The van der Waals surface area contributed by atoms with Crippen LogP contribution in [0.1, 0.15) is 31.2 Å². The molecule has 116 valence electrons. The number of carbonyl (C=O) groups excluding carboxylic acids is 2. The third kappa shape index (κ3) is 3.46. The predicted octanol–water partition coefficient (Wildman–Crippen LogP) is 2.78. The van der Waals surface area contributed by atoms with Crippen molar-refractivity contribution >= 4 is 23.2 Å². The van der Waals surface area contributed by atoms with Crippen LogP contribution in [0.5, 0.6) is 5.75 Å². The van der Waals surface area contributed by atoms with Gasteiger partial charge in [0.25, 0.3) is 5.91 Å². The quantitative estimate of drug-likeness (QED) is 0.861. The molecule has 0 saturated heterocycles. The Bertz CT molecular complexity index is 693. The molecule has 1 N–H and O–H groups in total. The number of hydrogen-bond donors (Lipinski definition) is 1. The topological polar surface area (TPSA) is 64.6 Å². The van der Waals surface area contributed by atoms with Crippen molar-refractivity contribution in [2.24, 2.45) is 0 Å². The van der Waals surface area contributed by atoms with Crippen LogP contribution in [0.3, 0.4) is 0 Å². The molecule has 0 radical (unpaired) electrons. The van der Waals surface area contributed by atoms with Crippen molar-refractivity contribution in [1.82, 2.24) is 5.32 Å². The second-order valence-electron chi connectivity index (χ2n) is 4.64. The van der Waals surface area contributed by atoms with Crippen LogP contribution in [0, 0.1) is 6.92 Å². The minimum absolute atomic E-state index is 0.122. The summed E-state index contributed by atoms with van der Waals surface area (Å²) in [6.07, 6.45) is 0. The van der Waals surface area contributed by atoms with Crippen molar-refractivity contribution < 1.29 is 19.1 Å². The number of rotatable bonds is 5. The Hall–Kier alpha value is -2.34. The smallest absolute Gasteiger partial charge is 0.341 e. The molecule has 2 aromatic rings. The van der Waals surface area contributed by atoms with E-state index in [1.807, 2.05) is 18.4 Å². The van der Waals surface area contributed by atoms with Crippen molar-refractivity contribution in [2.45, 2.75) is 13.5 Å². The second kappa shape index (κ2) is 7.09. The molecule has 1 aromatic carbocycles. The lowest BCUT2D eigenvalue weighted by Crippen LogP contribution is -2.22. The molecule has 0 atom stereocenters. The third-order valence-electron chi connectivity index (χ3n) is 3.19. The maximum Gasteiger partial charge on any atom is 0.341 e. The number of amides is 1. The van der Waals surface area contributed by atoms with Crippen LogP contribution < -0.4 is 10.1 Å². The number of thiophene rings is 1. The zero-order valence-corrected chi connectivity index (χ0v) is 13.5. The summed E-state index contributed by atoms with van der Waals surface area (Å²) in [6.45, 7) is 2.22. The minimum atomic E-state index is -0.473. The van der Waals surface area contributed by atoms with Gasteiger partial charge in [0.2, 0.25) is 0 Å². The lowest BCUT2D eigenvalue weighted by Gasteiger charge is -2.10. The molecule has 0 aliphatic rings.